The van der Waals surface area contributed by atoms with Crippen LogP contribution >= 0.6 is 11.6 Å². The maximum atomic E-state index is 11.1. The summed E-state index contributed by atoms with van der Waals surface area (Å²) in [5.74, 6) is -2.19. The van der Waals surface area contributed by atoms with Gasteiger partial charge in [0.2, 0.25) is 0 Å². The van der Waals surface area contributed by atoms with Gasteiger partial charge in [0.15, 0.2) is 5.36 Å². The van der Waals surface area contributed by atoms with Crippen LogP contribution in [0.1, 0.15) is 5.56 Å². The molecule has 1 aliphatic heterocycles. The van der Waals surface area contributed by atoms with Gasteiger partial charge in [-0.15, -0.1) is 0 Å². The largest absolute Gasteiger partial charge is 0.338 e. The lowest BCUT2D eigenvalue weighted by Crippen LogP contribution is -2.36. The third-order valence-electron chi connectivity index (χ3n) is 2.18. The Bertz CT molecular complexity index is 695. The molecular formula is C9H4ClN3O4. The fourth-order valence-corrected chi connectivity index (χ4v) is 1.63. The molecule has 0 fully saturated rings. The van der Waals surface area contributed by atoms with Gasteiger partial charge in [0, 0.05) is 0 Å². The molecule has 0 saturated heterocycles. The van der Waals surface area contributed by atoms with Gasteiger partial charge in [-0.05, 0) is 18.6 Å². The van der Waals surface area contributed by atoms with Crippen molar-refractivity contribution in [3.63, 3.8) is 0 Å². The molecule has 0 saturated carbocycles. The molecule has 0 aromatic heterocycles. The van der Waals surface area contributed by atoms with Crippen LogP contribution in [0.2, 0.25) is 5.02 Å². The second kappa shape index (κ2) is 3.70. The van der Waals surface area contributed by atoms with Crippen molar-refractivity contribution in [3.8, 4) is 0 Å². The molecule has 0 atom stereocenters. The molecule has 1 aromatic carbocycles. The zero-order valence-electron chi connectivity index (χ0n) is 8.43. The number of hydrogen-bond donors (Lipinski definition) is 0. The third-order valence-corrected chi connectivity index (χ3v) is 2.65. The van der Waals surface area contributed by atoms with Crippen molar-refractivity contribution in [2.45, 2.75) is 6.92 Å². The van der Waals surface area contributed by atoms with Crippen molar-refractivity contribution >= 4 is 29.1 Å². The van der Waals surface area contributed by atoms with Gasteiger partial charge in [0.25, 0.3) is 0 Å². The first kappa shape index (κ1) is 11.3. The van der Waals surface area contributed by atoms with E-state index in [1.807, 2.05) is 0 Å². The molecule has 0 spiro atoms. The highest BCUT2D eigenvalue weighted by atomic mass is 35.5. The number of halogens is 1. The zero-order chi connectivity index (χ0) is 12.7. The van der Waals surface area contributed by atoms with E-state index in [0.29, 0.717) is 5.56 Å². The van der Waals surface area contributed by atoms with Crippen LogP contribution in [0.3, 0.4) is 0 Å². The number of aryl methyl sites for hydroxylation is 1. The molecule has 8 heteroatoms. The van der Waals surface area contributed by atoms with E-state index in [4.69, 9.17) is 11.6 Å². The molecule has 0 radical (unpaired) electrons. The van der Waals surface area contributed by atoms with Gasteiger partial charge in [-0.1, -0.05) is 11.6 Å². The van der Waals surface area contributed by atoms with Crippen molar-refractivity contribution in [1.29, 1.82) is 0 Å². The van der Waals surface area contributed by atoms with Crippen LogP contribution in [-0.2, 0) is 9.59 Å². The number of fused-ring (bicyclic) bond motifs is 1. The quantitative estimate of drug-likeness (QED) is 0.395. The molecule has 0 aliphatic carbocycles. The maximum absolute atomic E-state index is 11.1. The van der Waals surface area contributed by atoms with Crippen molar-refractivity contribution in [1.82, 2.24) is 0 Å². The van der Waals surface area contributed by atoms with E-state index in [1.54, 1.807) is 0 Å². The van der Waals surface area contributed by atoms with Gasteiger partial charge in [-0.3, -0.25) is 19.7 Å². The Balaban J connectivity index is 3.02. The Morgan fingerprint density at radius 3 is 2.47 bits per heavy atom. The number of benzene rings is 1. The van der Waals surface area contributed by atoms with E-state index in [0.717, 1.165) is 0 Å². The highest BCUT2D eigenvalue weighted by Crippen LogP contribution is 2.22. The molecule has 7 nitrogen and oxygen atoms in total. The Morgan fingerprint density at radius 2 is 1.88 bits per heavy atom. The predicted octanol–water partition coefficient (Wildman–Crippen LogP) is -0.137. The number of carbonyl (C=O) groups is 2. The lowest BCUT2D eigenvalue weighted by molar-refractivity contribution is -0.386. The fraction of sp³-hybridized carbons (Fsp3) is 0.111. The number of hydrogen-bond acceptors (Lipinski definition) is 4. The Hall–Kier alpha value is -2.15. The maximum Gasteiger partial charge on any atom is 0.338 e. The van der Waals surface area contributed by atoms with Gasteiger partial charge in [0.05, 0.1) is 4.92 Å². The highest BCUT2D eigenvalue weighted by molar-refractivity contribution is 6.36. The van der Waals surface area contributed by atoms with Gasteiger partial charge in [-0.25, -0.2) is 4.99 Å². The van der Waals surface area contributed by atoms with Crippen LogP contribution in [0, 0.1) is 17.0 Å². The number of nitro groups is 1. The summed E-state index contributed by atoms with van der Waals surface area (Å²) in [5.41, 5.74) is -0.121. The molecule has 2 amide bonds. The monoisotopic (exact) mass is 253 g/mol. The van der Waals surface area contributed by atoms with Gasteiger partial charge < -0.3 is 0 Å². The van der Waals surface area contributed by atoms with Crippen LogP contribution in [0.15, 0.2) is 16.1 Å². The normalized spacial score (nSPS) is 13.8. The number of carbonyl (C=O) groups excluding carboxylic acids is 2. The second-order valence-electron chi connectivity index (χ2n) is 3.31. The topological polar surface area (TPSA) is 102 Å². The van der Waals surface area contributed by atoms with Crippen LogP contribution in [0.4, 0.5) is 5.69 Å². The van der Waals surface area contributed by atoms with Crippen LogP contribution < -0.4 is 10.7 Å². The average molecular weight is 254 g/mol. The van der Waals surface area contributed by atoms with E-state index >= 15 is 0 Å². The summed E-state index contributed by atoms with van der Waals surface area (Å²) in [7, 11) is 0. The summed E-state index contributed by atoms with van der Waals surface area (Å²) in [6.45, 7) is 1.53. The van der Waals surface area contributed by atoms with Gasteiger partial charge >= 0.3 is 17.5 Å². The molecule has 1 heterocycles. The van der Waals surface area contributed by atoms with E-state index in [2.05, 4.69) is 9.98 Å². The molecule has 1 aromatic rings. The molecule has 0 bridgehead atoms. The van der Waals surface area contributed by atoms with Crippen molar-refractivity contribution in [2.24, 2.45) is 9.98 Å². The van der Waals surface area contributed by atoms with Crippen molar-refractivity contribution in [2.75, 3.05) is 0 Å². The Morgan fingerprint density at radius 1 is 1.29 bits per heavy atom. The molecular weight excluding hydrogens is 250 g/mol. The van der Waals surface area contributed by atoms with E-state index < -0.39 is 22.4 Å². The number of amides is 2. The molecule has 17 heavy (non-hydrogen) atoms. The molecule has 0 N–H and O–H groups in total. The minimum atomic E-state index is -1.14. The lowest BCUT2D eigenvalue weighted by atomic mass is 10.2. The molecule has 1 aliphatic rings. The molecule has 0 unspecified atom stereocenters. The van der Waals surface area contributed by atoms with E-state index in [9.17, 15) is 19.7 Å². The summed E-state index contributed by atoms with van der Waals surface area (Å²) in [6.07, 6.45) is 0. The predicted molar refractivity (Wildman–Crippen MR) is 55.2 cm³/mol. The van der Waals surface area contributed by atoms with Crippen molar-refractivity contribution < 1.29 is 14.5 Å². The van der Waals surface area contributed by atoms with Gasteiger partial charge in [-0.2, -0.15) is 4.99 Å². The van der Waals surface area contributed by atoms with Crippen LogP contribution in [0.25, 0.3) is 0 Å². The van der Waals surface area contributed by atoms with Crippen LogP contribution in [-0.4, -0.2) is 16.7 Å². The van der Waals surface area contributed by atoms with E-state index in [1.165, 1.54) is 13.0 Å². The minimum Gasteiger partial charge on any atom is -0.261 e. The first-order chi connectivity index (χ1) is 7.91. The standard InChI is InChI=1S/C9H4ClN3O4/c1-3-2-4-6(7(5(3)10)13(16)17)12-9(15)8(14)11-4/h2H,1H3. The summed E-state index contributed by atoms with van der Waals surface area (Å²) >= 11 is 5.77. The average Bonchev–Trinajstić information content (AvgIpc) is 2.23. The number of nitrogens with zero attached hydrogens (tertiary/aromatic N) is 3. The summed E-state index contributed by atoms with van der Waals surface area (Å²) in [4.78, 5) is 38.9. The zero-order valence-corrected chi connectivity index (χ0v) is 9.19. The molecule has 2 rings (SSSR count). The number of rotatable bonds is 1. The first-order valence-electron chi connectivity index (χ1n) is 4.41. The first-order valence-corrected chi connectivity index (χ1v) is 4.79. The van der Waals surface area contributed by atoms with Crippen molar-refractivity contribution in [3.05, 3.63) is 37.5 Å². The Kier molecular flexibility index (Phi) is 2.47. The number of nitro benzene ring substituents is 1. The summed E-state index contributed by atoms with van der Waals surface area (Å²) in [6, 6.07) is 1.37. The third kappa shape index (κ3) is 1.70. The minimum absolute atomic E-state index is 0.0109. The Labute approximate surface area is 98.6 Å². The fourth-order valence-electron chi connectivity index (χ4n) is 1.42. The SMILES string of the molecule is Cc1cc2c(c([N+](=O)[O-])c1Cl)=NC(=O)C(=O)N=2. The molecule has 86 valence electrons. The lowest BCUT2D eigenvalue weighted by Gasteiger charge is -2.02. The summed E-state index contributed by atoms with van der Waals surface area (Å²) in [5, 5.41) is 10.5. The van der Waals surface area contributed by atoms with Crippen LogP contribution in [0.5, 0.6) is 0 Å². The second-order valence-corrected chi connectivity index (χ2v) is 3.69. The smallest absolute Gasteiger partial charge is 0.261 e. The van der Waals surface area contributed by atoms with Gasteiger partial charge in [0.1, 0.15) is 10.4 Å². The highest BCUT2D eigenvalue weighted by Gasteiger charge is 2.25. The van der Waals surface area contributed by atoms with E-state index in [-0.39, 0.29) is 15.7 Å². The summed E-state index contributed by atoms with van der Waals surface area (Å²) < 4.78 is 0.